The molecule has 2 saturated carbocycles. The molecule has 4 rings (SSSR count). The summed E-state index contributed by atoms with van der Waals surface area (Å²) in [5.41, 5.74) is 0.798. The van der Waals surface area contributed by atoms with Gasteiger partial charge in [0.2, 0.25) is 0 Å². The van der Waals surface area contributed by atoms with Gasteiger partial charge in [-0.25, -0.2) is 0 Å². The smallest absolute Gasteiger partial charge is 0.166 e. The van der Waals surface area contributed by atoms with E-state index in [0.717, 1.165) is 35.8 Å². The first kappa shape index (κ1) is 12.2. The largest absolute Gasteiger partial charge is 0.490 e. The van der Waals surface area contributed by atoms with Crippen molar-refractivity contribution < 1.29 is 14.3 Å². The molecule has 1 aromatic carbocycles. The Morgan fingerprint density at radius 1 is 1.05 bits per heavy atom. The van der Waals surface area contributed by atoms with Crippen molar-refractivity contribution in [1.29, 1.82) is 0 Å². The molecule has 2 bridgehead atoms. The zero-order valence-corrected chi connectivity index (χ0v) is 11.6. The number of rotatable bonds is 2. The zero-order valence-electron chi connectivity index (χ0n) is 11.6. The van der Waals surface area contributed by atoms with Crippen LogP contribution in [0.3, 0.4) is 0 Å². The summed E-state index contributed by atoms with van der Waals surface area (Å²) in [7, 11) is 0. The second-order valence-electron chi connectivity index (χ2n) is 6.36. The van der Waals surface area contributed by atoms with E-state index in [1.54, 1.807) is 0 Å². The van der Waals surface area contributed by atoms with Crippen LogP contribution in [0.1, 0.15) is 42.5 Å². The lowest BCUT2D eigenvalue weighted by Gasteiger charge is -2.20. The number of hydrogen-bond donors (Lipinski definition) is 0. The van der Waals surface area contributed by atoms with Gasteiger partial charge in [-0.05, 0) is 49.3 Å². The van der Waals surface area contributed by atoms with Gasteiger partial charge in [-0.3, -0.25) is 4.79 Å². The molecule has 2 fully saturated rings. The van der Waals surface area contributed by atoms with E-state index in [9.17, 15) is 4.79 Å². The Bertz CT molecular complexity index is 537. The van der Waals surface area contributed by atoms with Gasteiger partial charge >= 0.3 is 0 Å². The molecule has 20 heavy (non-hydrogen) atoms. The van der Waals surface area contributed by atoms with Crippen molar-refractivity contribution in [2.24, 2.45) is 17.8 Å². The van der Waals surface area contributed by atoms with Crippen LogP contribution in [0.4, 0.5) is 0 Å². The standard InChI is InChI=1S/C17H20O3/c18-17(14-9-11-2-3-12(14)8-11)13-4-5-15-16(10-13)20-7-1-6-19-15/h4-5,10-12,14H,1-3,6-9H2. The first-order chi connectivity index (χ1) is 9.81. The monoisotopic (exact) mass is 272 g/mol. The van der Waals surface area contributed by atoms with Crippen LogP contribution in [-0.4, -0.2) is 19.0 Å². The molecule has 1 aliphatic heterocycles. The molecule has 3 aliphatic rings. The minimum absolute atomic E-state index is 0.249. The maximum Gasteiger partial charge on any atom is 0.166 e. The lowest BCUT2D eigenvalue weighted by atomic mass is 9.83. The molecule has 3 unspecified atom stereocenters. The van der Waals surface area contributed by atoms with Crippen molar-refractivity contribution in [2.75, 3.05) is 13.2 Å². The number of Topliss-reactive ketones (excluding diaryl/α,β-unsaturated/α-hetero) is 1. The lowest BCUT2D eigenvalue weighted by molar-refractivity contribution is 0.0874. The highest BCUT2D eigenvalue weighted by Crippen LogP contribution is 2.49. The number of carbonyl (C=O) groups excluding carboxylic acids is 1. The van der Waals surface area contributed by atoms with E-state index < -0.39 is 0 Å². The van der Waals surface area contributed by atoms with Gasteiger partial charge in [0.25, 0.3) is 0 Å². The SMILES string of the molecule is O=C(c1ccc2c(c1)OCCCO2)C1CC2CCC1C2. The summed E-state index contributed by atoms with van der Waals surface area (Å²) < 4.78 is 11.3. The molecule has 0 radical (unpaired) electrons. The Morgan fingerprint density at radius 2 is 1.90 bits per heavy atom. The second-order valence-corrected chi connectivity index (χ2v) is 6.36. The van der Waals surface area contributed by atoms with E-state index in [0.29, 0.717) is 24.9 Å². The molecule has 3 heteroatoms. The molecular formula is C17H20O3. The van der Waals surface area contributed by atoms with Gasteiger partial charge in [-0.2, -0.15) is 0 Å². The van der Waals surface area contributed by atoms with Crippen LogP contribution in [0, 0.1) is 17.8 Å². The fraction of sp³-hybridized carbons (Fsp3) is 0.588. The molecule has 0 aromatic heterocycles. The van der Waals surface area contributed by atoms with E-state index >= 15 is 0 Å². The van der Waals surface area contributed by atoms with Gasteiger partial charge in [0.1, 0.15) is 0 Å². The Hall–Kier alpha value is -1.51. The predicted octanol–water partition coefficient (Wildman–Crippen LogP) is 3.47. The highest BCUT2D eigenvalue weighted by atomic mass is 16.5. The number of carbonyl (C=O) groups is 1. The summed E-state index contributed by atoms with van der Waals surface area (Å²) in [5, 5.41) is 0. The first-order valence-electron chi connectivity index (χ1n) is 7.75. The topological polar surface area (TPSA) is 35.5 Å². The fourth-order valence-corrected chi connectivity index (χ4v) is 4.10. The van der Waals surface area contributed by atoms with Crippen LogP contribution < -0.4 is 9.47 Å². The normalized spacial score (nSPS) is 31.1. The quantitative estimate of drug-likeness (QED) is 0.773. The van der Waals surface area contributed by atoms with E-state index in [2.05, 4.69) is 0 Å². The average molecular weight is 272 g/mol. The van der Waals surface area contributed by atoms with E-state index in [-0.39, 0.29) is 5.92 Å². The van der Waals surface area contributed by atoms with Gasteiger partial charge in [0.05, 0.1) is 13.2 Å². The molecule has 106 valence electrons. The Morgan fingerprint density at radius 3 is 2.65 bits per heavy atom. The van der Waals surface area contributed by atoms with E-state index in [1.807, 2.05) is 18.2 Å². The van der Waals surface area contributed by atoms with E-state index in [4.69, 9.17) is 9.47 Å². The molecule has 0 spiro atoms. The summed E-state index contributed by atoms with van der Waals surface area (Å²) in [5.74, 6) is 3.49. The third-order valence-electron chi connectivity index (χ3n) is 5.11. The second kappa shape index (κ2) is 4.80. The molecule has 1 heterocycles. The summed E-state index contributed by atoms with van der Waals surface area (Å²) in [6.45, 7) is 1.35. The van der Waals surface area contributed by atoms with Gasteiger partial charge < -0.3 is 9.47 Å². The first-order valence-corrected chi connectivity index (χ1v) is 7.75. The highest BCUT2D eigenvalue weighted by Gasteiger charge is 2.43. The van der Waals surface area contributed by atoms with E-state index in [1.165, 1.54) is 19.3 Å². The number of ketones is 1. The number of benzene rings is 1. The third kappa shape index (κ3) is 2.00. The summed E-state index contributed by atoms with van der Waals surface area (Å²) >= 11 is 0. The molecule has 2 aliphatic carbocycles. The zero-order chi connectivity index (χ0) is 13.5. The minimum Gasteiger partial charge on any atom is -0.490 e. The van der Waals surface area contributed by atoms with Gasteiger partial charge in [-0.1, -0.05) is 6.42 Å². The van der Waals surface area contributed by atoms with Crippen molar-refractivity contribution in [3.05, 3.63) is 23.8 Å². The molecule has 1 aromatic rings. The Labute approximate surface area is 119 Å². The minimum atomic E-state index is 0.249. The Kier molecular flexibility index (Phi) is 2.94. The molecule has 0 N–H and O–H groups in total. The molecule has 0 saturated heterocycles. The third-order valence-corrected chi connectivity index (χ3v) is 5.11. The molecule has 3 atom stereocenters. The molecule has 3 nitrogen and oxygen atoms in total. The van der Waals surface area contributed by atoms with Gasteiger partial charge in [0.15, 0.2) is 17.3 Å². The van der Waals surface area contributed by atoms with Crippen molar-refractivity contribution in [2.45, 2.75) is 32.1 Å². The summed E-state index contributed by atoms with van der Waals surface area (Å²) in [6, 6.07) is 5.68. The van der Waals surface area contributed by atoms with Crippen molar-refractivity contribution in [3.63, 3.8) is 0 Å². The maximum absolute atomic E-state index is 12.7. The predicted molar refractivity (Wildman–Crippen MR) is 75.3 cm³/mol. The van der Waals surface area contributed by atoms with Crippen LogP contribution in [0.5, 0.6) is 11.5 Å². The van der Waals surface area contributed by atoms with Crippen molar-refractivity contribution in [1.82, 2.24) is 0 Å². The van der Waals surface area contributed by atoms with Crippen LogP contribution in [0.25, 0.3) is 0 Å². The number of fused-ring (bicyclic) bond motifs is 3. The fourth-order valence-electron chi connectivity index (χ4n) is 4.10. The summed E-state index contributed by atoms with van der Waals surface area (Å²) in [4.78, 5) is 12.7. The summed E-state index contributed by atoms with van der Waals surface area (Å²) in [6.07, 6.45) is 5.82. The molecular weight excluding hydrogens is 252 g/mol. The van der Waals surface area contributed by atoms with Gasteiger partial charge in [0, 0.05) is 17.9 Å². The van der Waals surface area contributed by atoms with Crippen LogP contribution in [0.15, 0.2) is 18.2 Å². The highest BCUT2D eigenvalue weighted by molar-refractivity contribution is 5.98. The maximum atomic E-state index is 12.7. The van der Waals surface area contributed by atoms with Crippen LogP contribution in [0.2, 0.25) is 0 Å². The van der Waals surface area contributed by atoms with Crippen LogP contribution >= 0.6 is 0 Å². The van der Waals surface area contributed by atoms with Crippen molar-refractivity contribution in [3.8, 4) is 11.5 Å². The van der Waals surface area contributed by atoms with Crippen molar-refractivity contribution >= 4 is 5.78 Å². The van der Waals surface area contributed by atoms with Crippen LogP contribution in [-0.2, 0) is 0 Å². The number of ether oxygens (including phenoxy) is 2. The Balaban J connectivity index is 1.59. The average Bonchev–Trinajstić information content (AvgIpc) is 3.02. The lowest BCUT2D eigenvalue weighted by Crippen LogP contribution is -2.21. The van der Waals surface area contributed by atoms with Gasteiger partial charge in [-0.15, -0.1) is 0 Å². The molecule has 0 amide bonds. The number of hydrogen-bond acceptors (Lipinski definition) is 3.